The minimum Gasteiger partial charge on any atom is -0.468 e. The molecule has 1 unspecified atom stereocenters. The summed E-state index contributed by atoms with van der Waals surface area (Å²) in [4.78, 5) is 12.0. The second kappa shape index (κ2) is 7.66. The van der Waals surface area contributed by atoms with Crippen LogP contribution in [0, 0.1) is 0 Å². The van der Waals surface area contributed by atoms with Crippen LogP contribution in [0.1, 0.15) is 17.7 Å². The number of benzene rings is 1. The largest absolute Gasteiger partial charge is 0.468 e. The summed E-state index contributed by atoms with van der Waals surface area (Å²) in [6.07, 6.45) is 0. The van der Waals surface area contributed by atoms with Crippen molar-refractivity contribution >= 4 is 40.8 Å². The van der Waals surface area contributed by atoms with Crippen LogP contribution in [0.5, 0.6) is 0 Å². The number of esters is 1. The molecule has 0 fully saturated rings. The Morgan fingerprint density at radius 2 is 2.00 bits per heavy atom. The smallest absolute Gasteiger partial charge is 0.323 e. The molecule has 4 nitrogen and oxygen atoms in total. The summed E-state index contributed by atoms with van der Waals surface area (Å²) in [5, 5.41) is 7.81. The van der Waals surface area contributed by atoms with E-state index in [4.69, 9.17) is 4.74 Å². The molecule has 0 N–H and O–H groups in total. The lowest BCUT2D eigenvalue weighted by atomic mass is 10.1. The predicted molar refractivity (Wildman–Crippen MR) is 83.4 cm³/mol. The van der Waals surface area contributed by atoms with Crippen molar-refractivity contribution in [3.63, 3.8) is 0 Å². The highest BCUT2D eigenvalue weighted by atomic mass is 32.2. The minimum absolute atomic E-state index is 0.277. The number of methoxy groups -OCH3 is 1. The molecule has 1 aromatic carbocycles. The topological polar surface area (TPSA) is 52.1 Å². The van der Waals surface area contributed by atoms with E-state index < -0.39 is 5.25 Å². The van der Waals surface area contributed by atoms with Gasteiger partial charge in [0, 0.05) is 0 Å². The maximum Gasteiger partial charge on any atom is 0.323 e. The Kier molecular flexibility index (Phi) is 5.87. The number of aromatic nitrogens is 2. The first kappa shape index (κ1) is 15.3. The lowest BCUT2D eigenvalue weighted by Gasteiger charge is -2.12. The number of thioether (sulfide) groups is 2. The van der Waals surface area contributed by atoms with E-state index in [1.165, 1.54) is 30.2 Å². The van der Waals surface area contributed by atoms with Gasteiger partial charge in [0.25, 0.3) is 0 Å². The SMILES string of the molecule is CCSc1nnc(SC(C(=O)OC)c2ccccc2)s1. The molecule has 0 aliphatic carbocycles. The number of hydrogen-bond acceptors (Lipinski definition) is 7. The summed E-state index contributed by atoms with van der Waals surface area (Å²) in [7, 11) is 1.40. The molecule has 1 atom stereocenters. The standard InChI is InChI=1S/C13H14N2O2S3/c1-3-18-12-14-15-13(20-12)19-10(11(16)17-2)9-7-5-4-6-8-9/h4-8,10H,3H2,1-2H3. The van der Waals surface area contributed by atoms with Gasteiger partial charge in [0.1, 0.15) is 5.25 Å². The molecule has 2 rings (SSSR count). The first-order valence-corrected chi connectivity index (χ1v) is 8.68. The monoisotopic (exact) mass is 326 g/mol. The quantitative estimate of drug-likeness (QED) is 0.596. The molecule has 1 heterocycles. The summed E-state index contributed by atoms with van der Waals surface area (Å²) >= 11 is 4.53. The molecular formula is C13H14N2O2S3. The van der Waals surface area contributed by atoms with Crippen LogP contribution < -0.4 is 0 Å². The van der Waals surface area contributed by atoms with Gasteiger partial charge >= 0.3 is 5.97 Å². The van der Waals surface area contributed by atoms with Gasteiger partial charge < -0.3 is 4.74 Å². The van der Waals surface area contributed by atoms with Crippen molar-refractivity contribution in [2.24, 2.45) is 0 Å². The Morgan fingerprint density at radius 1 is 1.30 bits per heavy atom. The van der Waals surface area contributed by atoms with Crippen molar-refractivity contribution in [1.82, 2.24) is 10.2 Å². The number of carbonyl (C=O) groups is 1. The summed E-state index contributed by atoms with van der Waals surface area (Å²) in [6, 6.07) is 9.56. The number of ether oxygens (including phenoxy) is 1. The van der Waals surface area contributed by atoms with E-state index in [1.807, 2.05) is 30.3 Å². The van der Waals surface area contributed by atoms with E-state index >= 15 is 0 Å². The average molecular weight is 326 g/mol. The molecule has 0 saturated heterocycles. The van der Waals surface area contributed by atoms with Gasteiger partial charge in [-0.2, -0.15) is 0 Å². The molecule has 0 amide bonds. The third-order valence-corrected chi connectivity index (χ3v) is 5.65. The maximum atomic E-state index is 12.0. The molecule has 20 heavy (non-hydrogen) atoms. The van der Waals surface area contributed by atoms with E-state index in [-0.39, 0.29) is 5.97 Å². The van der Waals surface area contributed by atoms with Crippen LogP contribution in [-0.4, -0.2) is 29.0 Å². The summed E-state index contributed by atoms with van der Waals surface area (Å²) < 4.78 is 6.59. The molecule has 0 saturated carbocycles. The lowest BCUT2D eigenvalue weighted by Crippen LogP contribution is -2.10. The highest BCUT2D eigenvalue weighted by Crippen LogP contribution is 2.39. The first-order valence-electron chi connectivity index (χ1n) is 6.00. The van der Waals surface area contributed by atoms with Gasteiger partial charge in [-0.15, -0.1) is 10.2 Å². The third-order valence-electron chi connectivity index (χ3n) is 2.39. The highest BCUT2D eigenvalue weighted by Gasteiger charge is 2.24. The van der Waals surface area contributed by atoms with Crippen LogP contribution in [-0.2, 0) is 9.53 Å². The van der Waals surface area contributed by atoms with E-state index in [2.05, 4.69) is 17.1 Å². The molecule has 0 aliphatic heterocycles. The van der Waals surface area contributed by atoms with Crippen molar-refractivity contribution in [2.45, 2.75) is 20.9 Å². The molecule has 0 aliphatic rings. The van der Waals surface area contributed by atoms with Gasteiger partial charge in [0.05, 0.1) is 7.11 Å². The normalized spacial score (nSPS) is 12.1. The van der Waals surface area contributed by atoms with E-state index in [1.54, 1.807) is 11.8 Å². The van der Waals surface area contributed by atoms with Gasteiger partial charge in [-0.05, 0) is 11.3 Å². The Balaban J connectivity index is 2.17. The second-order valence-corrected chi connectivity index (χ2v) is 7.54. The number of rotatable bonds is 6. The highest BCUT2D eigenvalue weighted by molar-refractivity contribution is 8.03. The minimum atomic E-state index is -0.409. The fourth-order valence-electron chi connectivity index (χ4n) is 1.51. The van der Waals surface area contributed by atoms with E-state index in [0.717, 1.165) is 20.0 Å². The Morgan fingerprint density at radius 3 is 2.65 bits per heavy atom. The van der Waals surface area contributed by atoms with Crippen molar-refractivity contribution in [1.29, 1.82) is 0 Å². The van der Waals surface area contributed by atoms with Gasteiger partial charge in [0.15, 0.2) is 8.68 Å². The summed E-state index contributed by atoms with van der Waals surface area (Å²) in [5.74, 6) is 0.680. The lowest BCUT2D eigenvalue weighted by molar-refractivity contribution is -0.140. The van der Waals surface area contributed by atoms with Crippen LogP contribution in [0.3, 0.4) is 0 Å². The fourth-order valence-corrected chi connectivity index (χ4v) is 4.65. The van der Waals surface area contributed by atoms with Crippen molar-refractivity contribution in [3.8, 4) is 0 Å². The second-order valence-electron chi connectivity index (χ2n) is 3.70. The van der Waals surface area contributed by atoms with Gasteiger partial charge in [-0.1, -0.05) is 72.1 Å². The first-order chi connectivity index (χ1) is 9.74. The van der Waals surface area contributed by atoms with Crippen LogP contribution in [0.25, 0.3) is 0 Å². The van der Waals surface area contributed by atoms with Crippen molar-refractivity contribution < 1.29 is 9.53 Å². The average Bonchev–Trinajstić information content (AvgIpc) is 2.93. The van der Waals surface area contributed by atoms with Crippen LogP contribution in [0.2, 0.25) is 0 Å². The van der Waals surface area contributed by atoms with Gasteiger partial charge in [-0.25, -0.2) is 0 Å². The van der Waals surface area contributed by atoms with Gasteiger partial charge in [-0.3, -0.25) is 4.79 Å². The summed E-state index contributed by atoms with van der Waals surface area (Å²) in [5.41, 5.74) is 0.907. The molecular weight excluding hydrogens is 312 g/mol. The summed E-state index contributed by atoms with van der Waals surface area (Å²) in [6.45, 7) is 2.07. The Hall–Kier alpha value is -1.05. The number of carbonyl (C=O) groups excluding carboxylic acids is 1. The maximum absolute atomic E-state index is 12.0. The molecule has 0 radical (unpaired) electrons. The molecule has 1 aromatic heterocycles. The molecule has 0 spiro atoms. The zero-order valence-electron chi connectivity index (χ0n) is 11.1. The molecule has 106 valence electrons. The predicted octanol–water partition coefficient (Wildman–Crippen LogP) is 3.66. The van der Waals surface area contributed by atoms with Crippen LogP contribution in [0.15, 0.2) is 39.0 Å². The molecule has 0 bridgehead atoms. The van der Waals surface area contributed by atoms with Crippen LogP contribution in [0.4, 0.5) is 0 Å². The zero-order valence-corrected chi connectivity index (χ0v) is 13.6. The zero-order chi connectivity index (χ0) is 14.4. The van der Waals surface area contributed by atoms with Crippen molar-refractivity contribution in [2.75, 3.05) is 12.9 Å². The van der Waals surface area contributed by atoms with Crippen molar-refractivity contribution in [3.05, 3.63) is 35.9 Å². The Labute approximate surface area is 130 Å². The molecule has 2 aromatic rings. The fraction of sp³-hybridized carbons (Fsp3) is 0.308. The Bertz CT molecular complexity index is 560. The van der Waals surface area contributed by atoms with Crippen LogP contribution >= 0.6 is 34.9 Å². The van der Waals surface area contributed by atoms with E-state index in [9.17, 15) is 4.79 Å². The van der Waals surface area contributed by atoms with E-state index in [0.29, 0.717) is 0 Å². The number of hydrogen-bond donors (Lipinski definition) is 0. The van der Waals surface area contributed by atoms with Gasteiger partial charge in [0.2, 0.25) is 0 Å². The number of nitrogens with zero attached hydrogens (tertiary/aromatic N) is 2. The molecule has 7 heteroatoms. The third kappa shape index (κ3) is 3.97.